The van der Waals surface area contributed by atoms with Crippen molar-refractivity contribution in [1.82, 2.24) is 15.5 Å². The van der Waals surface area contributed by atoms with Crippen LogP contribution in [0, 0.1) is 0 Å². The Morgan fingerprint density at radius 2 is 1.77 bits per heavy atom. The van der Waals surface area contributed by atoms with Crippen molar-refractivity contribution in [3.63, 3.8) is 0 Å². The number of carbonyl (C=O) groups excluding carboxylic acids is 3. The molecule has 0 radical (unpaired) electrons. The highest BCUT2D eigenvalue weighted by molar-refractivity contribution is 5.98. The minimum atomic E-state index is -0.714. The molecule has 4 rings (SSSR count). The summed E-state index contributed by atoms with van der Waals surface area (Å²) in [6.07, 6.45) is 0.386. The topological polar surface area (TPSA) is 99.8 Å². The normalized spacial score (nSPS) is 22.9. The molecule has 0 spiro atoms. The van der Waals surface area contributed by atoms with Crippen LogP contribution in [-0.2, 0) is 20.9 Å². The van der Waals surface area contributed by atoms with E-state index in [0.717, 1.165) is 5.56 Å². The molecule has 2 heterocycles. The van der Waals surface area contributed by atoms with Crippen LogP contribution in [0.15, 0.2) is 60.7 Å². The number of hydrogen-bond acceptors (Lipinski definition) is 4. The van der Waals surface area contributed by atoms with Gasteiger partial charge in [0.15, 0.2) is 0 Å². The van der Waals surface area contributed by atoms with Gasteiger partial charge >= 0.3 is 6.03 Å². The Hall–Kier alpha value is -3.39. The van der Waals surface area contributed by atoms with Crippen LogP contribution in [0.2, 0.25) is 0 Å². The van der Waals surface area contributed by atoms with Crippen LogP contribution < -0.4 is 16.0 Å². The average molecular weight is 408 g/mol. The van der Waals surface area contributed by atoms with Crippen molar-refractivity contribution in [2.75, 3.05) is 18.5 Å². The summed E-state index contributed by atoms with van der Waals surface area (Å²) in [4.78, 5) is 39.1. The van der Waals surface area contributed by atoms with Crippen LogP contribution >= 0.6 is 0 Å². The minimum absolute atomic E-state index is 0.106. The molecule has 0 bridgehead atoms. The molecular formula is C22H24N4O4. The second-order valence-electron chi connectivity index (χ2n) is 7.47. The third-order valence-electron chi connectivity index (χ3n) is 5.26. The van der Waals surface area contributed by atoms with E-state index < -0.39 is 12.1 Å². The molecule has 0 saturated carbocycles. The number of benzene rings is 2. The van der Waals surface area contributed by atoms with Gasteiger partial charge in [0.1, 0.15) is 12.1 Å². The zero-order valence-electron chi connectivity index (χ0n) is 16.4. The number of hydrogen-bond donors (Lipinski definition) is 3. The third kappa shape index (κ3) is 4.60. The van der Waals surface area contributed by atoms with Gasteiger partial charge < -0.3 is 25.6 Å². The number of piperazine rings is 1. The predicted molar refractivity (Wildman–Crippen MR) is 111 cm³/mol. The van der Waals surface area contributed by atoms with Gasteiger partial charge in [0, 0.05) is 12.2 Å². The fourth-order valence-electron chi connectivity index (χ4n) is 3.82. The summed E-state index contributed by atoms with van der Waals surface area (Å²) in [7, 11) is 0. The van der Waals surface area contributed by atoms with E-state index in [-0.39, 0.29) is 30.5 Å². The summed E-state index contributed by atoms with van der Waals surface area (Å²) in [6.45, 7) is 0.775. The maximum absolute atomic E-state index is 12.8. The monoisotopic (exact) mass is 408 g/mol. The van der Waals surface area contributed by atoms with Crippen molar-refractivity contribution in [3.05, 3.63) is 66.2 Å². The largest absolute Gasteiger partial charge is 0.374 e. The van der Waals surface area contributed by atoms with Crippen LogP contribution in [0.3, 0.4) is 0 Å². The van der Waals surface area contributed by atoms with Crippen LogP contribution in [-0.4, -0.2) is 54.0 Å². The molecule has 2 aliphatic heterocycles. The molecule has 0 unspecified atom stereocenters. The van der Waals surface area contributed by atoms with E-state index in [1.807, 2.05) is 48.5 Å². The number of nitrogens with zero attached hydrogens (tertiary/aromatic N) is 1. The lowest BCUT2D eigenvalue weighted by atomic mass is 10.1. The maximum Gasteiger partial charge on any atom is 0.319 e. The summed E-state index contributed by atoms with van der Waals surface area (Å²) in [5.74, 6) is -0.392. The molecule has 2 aromatic rings. The Labute approximate surface area is 174 Å². The van der Waals surface area contributed by atoms with Gasteiger partial charge in [-0.25, -0.2) is 4.79 Å². The Balaban J connectivity index is 1.29. The minimum Gasteiger partial charge on any atom is -0.374 e. The lowest BCUT2D eigenvalue weighted by Gasteiger charge is -2.34. The molecule has 2 aromatic carbocycles. The Morgan fingerprint density at radius 1 is 1.07 bits per heavy atom. The van der Waals surface area contributed by atoms with Crippen LogP contribution in [0.1, 0.15) is 12.0 Å². The van der Waals surface area contributed by atoms with Crippen molar-refractivity contribution in [3.8, 4) is 0 Å². The Morgan fingerprint density at radius 3 is 2.50 bits per heavy atom. The van der Waals surface area contributed by atoms with Crippen molar-refractivity contribution in [2.45, 2.75) is 31.2 Å². The van der Waals surface area contributed by atoms with E-state index in [2.05, 4.69) is 16.0 Å². The first-order chi connectivity index (χ1) is 14.6. The van der Waals surface area contributed by atoms with E-state index in [0.29, 0.717) is 25.3 Å². The third-order valence-corrected chi connectivity index (χ3v) is 5.26. The van der Waals surface area contributed by atoms with Crippen molar-refractivity contribution in [2.24, 2.45) is 0 Å². The molecule has 2 aliphatic rings. The predicted octanol–water partition coefficient (Wildman–Crippen LogP) is 1.49. The fraction of sp³-hybridized carbons (Fsp3) is 0.318. The summed E-state index contributed by atoms with van der Waals surface area (Å²) >= 11 is 0. The van der Waals surface area contributed by atoms with Crippen molar-refractivity contribution >= 4 is 23.5 Å². The van der Waals surface area contributed by atoms with E-state index in [1.165, 1.54) is 0 Å². The van der Waals surface area contributed by atoms with Gasteiger partial charge in [0.2, 0.25) is 11.8 Å². The number of rotatable bonds is 6. The molecule has 8 nitrogen and oxygen atoms in total. The molecule has 0 aliphatic carbocycles. The molecule has 2 fully saturated rings. The molecule has 156 valence electrons. The van der Waals surface area contributed by atoms with Gasteiger partial charge in [0.25, 0.3) is 0 Å². The number of ether oxygens (including phenoxy) is 1. The highest BCUT2D eigenvalue weighted by atomic mass is 16.5. The number of para-hydroxylation sites is 1. The number of nitrogens with one attached hydrogen (secondary N) is 3. The van der Waals surface area contributed by atoms with E-state index >= 15 is 0 Å². The summed E-state index contributed by atoms with van der Waals surface area (Å²) < 4.78 is 5.64. The van der Waals surface area contributed by atoms with Crippen LogP contribution in [0.4, 0.5) is 10.5 Å². The number of urea groups is 1. The lowest BCUT2D eigenvalue weighted by Crippen LogP contribution is -2.62. The number of carbonyl (C=O) groups is 3. The highest BCUT2D eigenvalue weighted by Gasteiger charge is 2.46. The first-order valence-electron chi connectivity index (χ1n) is 9.95. The molecule has 8 heteroatoms. The molecule has 0 aromatic heterocycles. The van der Waals surface area contributed by atoms with Crippen LogP contribution in [0.5, 0.6) is 0 Å². The first-order valence-corrected chi connectivity index (χ1v) is 9.95. The zero-order chi connectivity index (χ0) is 20.9. The number of fused-ring (bicyclic) bond motifs is 1. The maximum atomic E-state index is 12.8. The van der Waals surface area contributed by atoms with Gasteiger partial charge in [-0.1, -0.05) is 48.5 Å². The van der Waals surface area contributed by atoms with Gasteiger partial charge in [-0.3, -0.25) is 9.59 Å². The molecule has 3 atom stereocenters. The van der Waals surface area contributed by atoms with E-state index in [1.54, 1.807) is 17.0 Å². The molecule has 2 saturated heterocycles. The quantitative estimate of drug-likeness (QED) is 0.674. The van der Waals surface area contributed by atoms with E-state index in [4.69, 9.17) is 4.74 Å². The average Bonchev–Trinajstić information content (AvgIpc) is 3.17. The van der Waals surface area contributed by atoms with E-state index in [9.17, 15) is 14.4 Å². The lowest BCUT2D eigenvalue weighted by molar-refractivity contribution is -0.148. The first kappa shape index (κ1) is 19.9. The molecule has 4 amide bonds. The zero-order valence-corrected chi connectivity index (χ0v) is 16.4. The van der Waals surface area contributed by atoms with Crippen molar-refractivity contribution in [1.29, 1.82) is 0 Å². The second-order valence-corrected chi connectivity index (χ2v) is 7.47. The highest BCUT2D eigenvalue weighted by Crippen LogP contribution is 2.23. The molecular weight excluding hydrogens is 384 g/mol. The Kier molecular flexibility index (Phi) is 5.94. The smallest absolute Gasteiger partial charge is 0.319 e. The van der Waals surface area contributed by atoms with Gasteiger partial charge in [-0.2, -0.15) is 0 Å². The Bertz CT molecular complexity index is 906. The van der Waals surface area contributed by atoms with Gasteiger partial charge in [-0.05, 0) is 24.1 Å². The summed E-state index contributed by atoms with van der Waals surface area (Å²) in [5, 5.41) is 8.35. The fourth-order valence-corrected chi connectivity index (χ4v) is 3.82. The molecule has 3 N–H and O–H groups in total. The summed E-state index contributed by atoms with van der Waals surface area (Å²) in [5.41, 5.74) is 1.68. The SMILES string of the molecule is O=C(Nc1ccccc1)N[C@H]1C[C@H]2C(=O)N[C@@H](COCc3ccccc3)C(=O)N2C1. The van der Waals surface area contributed by atoms with Crippen LogP contribution in [0.25, 0.3) is 0 Å². The van der Waals surface area contributed by atoms with Gasteiger partial charge in [-0.15, -0.1) is 0 Å². The second kappa shape index (κ2) is 8.96. The standard InChI is InChI=1S/C22H24N4O4/c27-20-19-11-17(24-22(29)23-16-9-5-2-6-10-16)12-26(19)21(28)18(25-20)14-30-13-15-7-3-1-4-8-15/h1-10,17-19H,11-14H2,(H,25,27)(H2,23,24,29)/t17-,18-,19-/m0/s1. The van der Waals surface area contributed by atoms with Gasteiger partial charge in [0.05, 0.1) is 19.3 Å². The molecule has 30 heavy (non-hydrogen) atoms. The number of anilines is 1. The summed E-state index contributed by atoms with van der Waals surface area (Å²) in [6, 6.07) is 16.8. The number of amides is 4. The van der Waals surface area contributed by atoms with Crippen molar-refractivity contribution < 1.29 is 19.1 Å².